The third-order valence-corrected chi connectivity index (χ3v) is 2.17. The summed E-state index contributed by atoms with van der Waals surface area (Å²) < 4.78 is 4.82. The first kappa shape index (κ1) is 11.1. The molecule has 0 heterocycles. The minimum absolute atomic E-state index is 0.110. The first-order valence-corrected chi connectivity index (χ1v) is 4.67. The van der Waals surface area contributed by atoms with Gasteiger partial charge >= 0.3 is 6.09 Å². The van der Waals surface area contributed by atoms with Gasteiger partial charge in [-0.25, -0.2) is 4.79 Å². The number of halogens is 2. The highest BCUT2D eigenvalue weighted by Crippen LogP contribution is 2.21. The predicted octanol–water partition coefficient (Wildman–Crippen LogP) is 2.85. The van der Waals surface area contributed by atoms with Gasteiger partial charge in [0, 0.05) is 22.7 Å². The molecule has 1 N–H and O–H groups in total. The van der Waals surface area contributed by atoms with Gasteiger partial charge in [-0.2, -0.15) is 0 Å². The van der Waals surface area contributed by atoms with Crippen molar-refractivity contribution in [1.82, 2.24) is 5.32 Å². The SMILES string of the molecule is CNC(=O)OCc1cc(Cl)ccc1Cl. The van der Waals surface area contributed by atoms with Gasteiger partial charge in [0.25, 0.3) is 0 Å². The molecule has 1 amide bonds. The number of nitrogens with one attached hydrogen (secondary N) is 1. The van der Waals surface area contributed by atoms with E-state index in [1.165, 1.54) is 7.05 Å². The number of carbonyl (C=O) groups is 1. The van der Waals surface area contributed by atoms with Crippen LogP contribution in [0.25, 0.3) is 0 Å². The van der Waals surface area contributed by atoms with E-state index < -0.39 is 6.09 Å². The van der Waals surface area contributed by atoms with Crippen LogP contribution in [0.3, 0.4) is 0 Å². The Morgan fingerprint density at radius 3 is 2.86 bits per heavy atom. The Labute approximate surface area is 92.0 Å². The molecule has 0 radical (unpaired) electrons. The summed E-state index contributed by atoms with van der Waals surface area (Å²) in [6, 6.07) is 4.99. The minimum Gasteiger partial charge on any atom is -0.445 e. The zero-order valence-electron chi connectivity index (χ0n) is 7.51. The second-order valence-corrected chi connectivity index (χ2v) is 3.41. The molecule has 0 spiro atoms. The van der Waals surface area contributed by atoms with E-state index in [4.69, 9.17) is 27.9 Å². The number of amides is 1. The quantitative estimate of drug-likeness (QED) is 0.854. The summed E-state index contributed by atoms with van der Waals surface area (Å²) in [5.74, 6) is 0. The van der Waals surface area contributed by atoms with Gasteiger partial charge in [0.15, 0.2) is 0 Å². The van der Waals surface area contributed by atoms with Gasteiger partial charge in [-0.05, 0) is 18.2 Å². The second kappa shape index (κ2) is 5.08. The summed E-state index contributed by atoms with van der Waals surface area (Å²) in [7, 11) is 1.49. The first-order valence-electron chi connectivity index (χ1n) is 3.92. The zero-order valence-corrected chi connectivity index (χ0v) is 9.02. The number of hydrogen-bond acceptors (Lipinski definition) is 2. The smallest absolute Gasteiger partial charge is 0.407 e. The summed E-state index contributed by atoms with van der Waals surface area (Å²) >= 11 is 11.6. The van der Waals surface area contributed by atoms with Gasteiger partial charge < -0.3 is 10.1 Å². The Morgan fingerprint density at radius 2 is 2.21 bits per heavy atom. The molecule has 0 fully saturated rings. The van der Waals surface area contributed by atoms with Crippen molar-refractivity contribution in [2.24, 2.45) is 0 Å². The molecule has 0 bridgehead atoms. The molecular weight excluding hydrogens is 225 g/mol. The van der Waals surface area contributed by atoms with Crippen LogP contribution in [0, 0.1) is 0 Å². The molecule has 0 saturated carbocycles. The van der Waals surface area contributed by atoms with Crippen LogP contribution in [-0.4, -0.2) is 13.1 Å². The average Bonchev–Trinajstić information content (AvgIpc) is 2.19. The van der Waals surface area contributed by atoms with E-state index in [9.17, 15) is 4.79 Å². The molecule has 14 heavy (non-hydrogen) atoms. The molecule has 0 aliphatic heterocycles. The van der Waals surface area contributed by atoms with Crippen molar-refractivity contribution in [3.63, 3.8) is 0 Å². The van der Waals surface area contributed by atoms with E-state index >= 15 is 0 Å². The fraction of sp³-hybridized carbons (Fsp3) is 0.222. The van der Waals surface area contributed by atoms with E-state index in [0.717, 1.165) is 0 Å². The fourth-order valence-corrected chi connectivity index (χ4v) is 1.24. The Morgan fingerprint density at radius 1 is 1.50 bits per heavy atom. The standard InChI is InChI=1S/C9H9Cl2NO2/c1-12-9(13)14-5-6-4-7(10)2-3-8(6)11/h2-4H,5H2,1H3,(H,12,13). The van der Waals surface area contributed by atoms with E-state index in [1.807, 2.05) is 0 Å². The molecule has 0 unspecified atom stereocenters. The van der Waals surface area contributed by atoms with Gasteiger partial charge in [0.1, 0.15) is 6.61 Å². The summed E-state index contributed by atoms with van der Waals surface area (Å²) in [5.41, 5.74) is 0.683. The second-order valence-electron chi connectivity index (χ2n) is 2.56. The van der Waals surface area contributed by atoms with Crippen LogP contribution in [-0.2, 0) is 11.3 Å². The molecule has 1 rings (SSSR count). The molecule has 1 aromatic carbocycles. The lowest BCUT2D eigenvalue weighted by Crippen LogP contribution is -2.18. The van der Waals surface area contributed by atoms with E-state index in [0.29, 0.717) is 15.6 Å². The molecule has 0 aromatic heterocycles. The van der Waals surface area contributed by atoms with Crippen LogP contribution in [0.2, 0.25) is 10.0 Å². The lowest BCUT2D eigenvalue weighted by molar-refractivity contribution is 0.142. The summed E-state index contributed by atoms with van der Waals surface area (Å²) in [4.78, 5) is 10.8. The topological polar surface area (TPSA) is 38.3 Å². The monoisotopic (exact) mass is 233 g/mol. The third-order valence-electron chi connectivity index (χ3n) is 1.57. The van der Waals surface area contributed by atoms with Gasteiger partial charge in [0.2, 0.25) is 0 Å². The molecule has 0 aliphatic carbocycles. The Kier molecular flexibility index (Phi) is 4.04. The van der Waals surface area contributed by atoms with Crippen molar-refractivity contribution in [3.8, 4) is 0 Å². The number of ether oxygens (including phenoxy) is 1. The van der Waals surface area contributed by atoms with Crippen LogP contribution in [0.4, 0.5) is 4.79 Å². The van der Waals surface area contributed by atoms with Crippen molar-refractivity contribution in [1.29, 1.82) is 0 Å². The van der Waals surface area contributed by atoms with Crippen molar-refractivity contribution in [3.05, 3.63) is 33.8 Å². The van der Waals surface area contributed by atoms with Crippen molar-refractivity contribution in [2.75, 3.05) is 7.05 Å². The Balaban J connectivity index is 2.66. The highest BCUT2D eigenvalue weighted by molar-refractivity contribution is 6.33. The number of hydrogen-bond donors (Lipinski definition) is 1. The molecule has 0 aliphatic rings. The maximum atomic E-state index is 10.8. The molecule has 1 aromatic rings. The number of carbonyl (C=O) groups excluding carboxylic acids is 1. The minimum atomic E-state index is -0.499. The van der Waals surface area contributed by atoms with Crippen LogP contribution in [0.5, 0.6) is 0 Å². The summed E-state index contributed by atoms with van der Waals surface area (Å²) in [5, 5.41) is 3.42. The van der Waals surface area contributed by atoms with Crippen molar-refractivity contribution >= 4 is 29.3 Å². The van der Waals surface area contributed by atoms with Gasteiger partial charge in [-0.1, -0.05) is 23.2 Å². The molecule has 0 atom stereocenters. The molecule has 5 heteroatoms. The lowest BCUT2D eigenvalue weighted by Gasteiger charge is -2.05. The van der Waals surface area contributed by atoms with Gasteiger partial charge in [0.05, 0.1) is 0 Å². The molecule has 0 saturated heterocycles. The molecule has 3 nitrogen and oxygen atoms in total. The molecular formula is C9H9Cl2NO2. The largest absolute Gasteiger partial charge is 0.445 e. The fourth-order valence-electron chi connectivity index (χ4n) is 0.869. The third kappa shape index (κ3) is 3.09. The van der Waals surface area contributed by atoms with E-state index in [1.54, 1.807) is 18.2 Å². The Bertz CT molecular complexity index is 342. The maximum absolute atomic E-state index is 10.8. The van der Waals surface area contributed by atoms with Crippen LogP contribution < -0.4 is 5.32 Å². The first-order chi connectivity index (χ1) is 6.63. The van der Waals surface area contributed by atoms with Crippen molar-refractivity contribution in [2.45, 2.75) is 6.61 Å². The number of rotatable bonds is 2. The van der Waals surface area contributed by atoms with Crippen LogP contribution in [0.15, 0.2) is 18.2 Å². The maximum Gasteiger partial charge on any atom is 0.407 e. The van der Waals surface area contributed by atoms with E-state index in [-0.39, 0.29) is 6.61 Å². The summed E-state index contributed by atoms with van der Waals surface area (Å²) in [6.45, 7) is 0.110. The predicted molar refractivity (Wildman–Crippen MR) is 55.7 cm³/mol. The number of benzene rings is 1. The average molecular weight is 234 g/mol. The highest BCUT2D eigenvalue weighted by Gasteiger charge is 2.04. The van der Waals surface area contributed by atoms with Crippen molar-refractivity contribution < 1.29 is 9.53 Å². The van der Waals surface area contributed by atoms with Crippen LogP contribution in [0.1, 0.15) is 5.56 Å². The number of alkyl carbamates (subject to hydrolysis) is 1. The highest BCUT2D eigenvalue weighted by atomic mass is 35.5. The zero-order chi connectivity index (χ0) is 10.6. The van der Waals surface area contributed by atoms with E-state index in [2.05, 4.69) is 5.32 Å². The molecule has 76 valence electrons. The normalized spacial score (nSPS) is 9.64. The summed E-state index contributed by atoms with van der Waals surface area (Å²) in [6.07, 6.45) is -0.499. The Hall–Kier alpha value is -0.930. The lowest BCUT2D eigenvalue weighted by atomic mass is 10.2. The van der Waals surface area contributed by atoms with Gasteiger partial charge in [-0.3, -0.25) is 0 Å². The van der Waals surface area contributed by atoms with Gasteiger partial charge in [-0.15, -0.1) is 0 Å². The van der Waals surface area contributed by atoms with Crippen LogP contribution >= 0.6 is 23.2 Å².